The number of nitrogens with one attached hydrogen (secondary N) is 3. The first kappa shape index (κ1) is 11.9. The molecule has 3 rings (SSSR count). The fraction of sp³-hybridized carbons (Fsp3) is 0.286. The second kappa shape index (κ2) is 4.85. The lowest BCUT2D eigenvalue weighted by molar-refractivity contribution is -0.134. The Morgan fingerprint density at radius 1 is 1.26 bits per heavy atom. The fourth-order valence-corrected chi connectivity index (χ4v) is 2.42. The topological polar surface area (TPSA) is 74.0 Å². The van der Waals surface area contributed by atoms with Gasteiger partial charge in [0.05, 0.1) is 6.04 Å². The number of rotatable bonds is 3. The quantitative estimate of drug-likeness (QED) is 0.720. The lowest BCUT2D eigenvalue weighted by Crippen LogP contribution is -2.50. The van der Waals surface area contributed by atoms with Crippen LogP contribution in [0.25, 0.3) is 10.9 Å². The van der Waals surface area contributed by atoms with E-state index in [9.17, 15) is 9.59 Å². The van der Waals surface area contributed by atoms with E-state index >= 15 is 0 Å². The first-order chi connectivity index (χ1) is 9.24. The van der Waals surface area contributed by atoms with Gasteiger partial charge in [-0.25, -0.2) is 0 Å². The van der Waals surface area contributed by atoms with E-state index < -0.39 is 0 Å². The van der Waals surface area contributed by atoms with Gasteiger partial charge in [0.2, 0.25) is 11.8 Å². The van der Waals surface area contributed by atoms with E-state index in [-0.39, 0.29) is 17.9 Å². The number of aromatic amines is 1. The molecule has 0 radical (unpaired) electrons. The molecule has 2 amide bonds. The summed E-state index contributed by atoms with van der Waals surface area (Å²) in [5.74, 6) is -0.413. The molecule has 0 aliphatic carbocycles. The van der Waals surface area contributed by atoms with Crippen molar-refractivity contribution >= 4 is 22.7 Å². The van der Waals surface area contributed by atoms with Gasteiger partial charge in [-0.05, 0) is 23.4 Å². The highest BCUT2D eigenvalue weighted by atomic mass is 16.2. The van der Waals surface area contributed by atoms with Gasteiger partial charge in [-0.3, -0.25) is 14.9 Å². The highest BCUT2D eigenvalue weighted by Gasteiger charge is 2.25. The maximum Gasteiger partial charge on any atom is 0.243 e. The number of para-hydroxylation sites is 1. The third-order valence-electron chi connectivity index (χ3n) is 3.45. The zero-order valence-electron chi connectivity index (χ0n) is 10.4. The highest BCUT2D eigenvalue weighted by molar-refractivity contribution is 6.00. The minimum Gasteiger partial charge on any atom is -0.361 e. The van der Waals surface area contributed by atoms with Gasteiger partial charge in [-0.1, -0.05) is 18.2 Å². The van der Waals surface area contributed by atoms with Crippen LogP contribution in [-0.2, 0) is 16.1 Å². The Kier molecular flexibility index (Phi) is 3.05. The highest BCUT2D eigenvalue weighted by Crippen LogP contribution is 2.17. The number of carbonyl (C=O) groups excluding carboxylic acids is 2. The van der Waals surface area contributed by atoms with Crippen molar-refractivity contribution < 1.29 is 9.59 Å². The molecule has 1 atom stereocenters. The maximum absolute atomic E-state index is 11.6. The second-order valence-electron chi connectivity index (χ2n) is 4.74. The SMILES string of the molecule is O=C1CCC(NCc2cccc3cc[nH]c23)C(=O)N1. The number of carbonyl (C=O) groups is 2. The summed E-state index contributed by atoms with van der Waals surface area (Å²) in [4.78, 5) is 25.9. The van der Waals surface area contributed by atoms with Crippen LogP contribution < -0.4 is 10.6 Å². The molecule has 1 fully saturated rings. The minimum absolute atomic E-state index is 0.186. The number of benzene rings is 1. The number of H-pyrrole nitrogens is 1. The van der Waals surface area contributed by atoms with E-state index in [1.165, 1.54) is 0 Å². The van der Waals surface area contributed by atoms with E-state index in [1.807, 2.05) is 30.5 Å². The molecule has 2 heterocycles. The summed E-state index contributed by atoms with van der Waals surface area (Å²) in [5, 5.41) is 6.71. The largest absolute Gasteiger partial charge is 0.361 e. The molecule has 1 aromatic carbocycles. The number of imide groups is 1. The molecule has 19 heavy (non-hydrogen) atoms. The standard InChI is InChI=1S/C14H15N3O2/c18-12-5-4-11(14(19)17-12)16-8-10-3-1-2-9-6-7-15-13(9)10/h1-3,6-7,11,15-16H,4-5,8H2,(H,17,18,19). The molecule has 2 aromatic rings. The van der Waals surface area contributed by atoms with Crippen molar-refractivity contribution in [1.82, 2.24) is 15.6 Å². The molecule has 0 spiro atoms. The minimum atomic E-state index is -0.289. The molecule has 5 nitrogen and oxygen atoms in total. The number of aromatic nitrogens is 1. The number of fused-ring (bicyclic) bond motifs is 1. The lowest BCUT2D eigenvalue weighted by atomic mass is 10.1. The third kappa shape index (κ3) is 2.37. The summed E-state index contributed by atoms with van der Waals surface area (Å²) in [6.45, 7) is 0.601. The van der Waals surface area contributed by atoms with Crippen molar-refractivity contribution in [2.75, 3.05) is 0 Å². The van der Waals surface area contributed by atoms with Gasteiger partial charge in [-0.2, -0.15) is 0 Å². The van der Waals surface area contributed by atoms with Crippen LogP contribution in [0.2, 0.25) is 0 Å². The van der Waals surface area contributed by atoms with E-state index in [4.69, 9.17) is 0 Å². The van der Waals surface area contributed by atoms with Crippen molar-refractivity contribution in [2.24, 2.45) is 0 Å². The maximum atomic E-state index is 11.6. The summed E-state index contributed by atoms with van der Waals surface area (Å²) < 4.78 is 0. The van der Waals surface area contributed by atoms with Gasteiger partial charge >= 0.3 is 0 Å². The summed E-state index contributed by atoms with van der Waals surface area (Å²) in [5.41, 5.74) is 2.20. The molecule has 1 unspecified atom stereocenters. The van der Waals surface area contributed by atoms with E-state index in [0.717, 1.165) is 16.5 Å². The molecule has 0 bridgehead atoms. The van der Waals surface area contributed by atoms with E-state index in [1.54, 1.807) is 0 Å². The fourth-order valence-electron chi connectivity index (χ4n) is 2.42. The van der Waals surface area contributed by atoms with Crippen LogP contribution in [0.3, 0.4) is 0 Å². The van der Waals surface area contributed by atoms with Crippen LogP contribution in [0.4, 0.5) is 0 Å². The normalized spacial score (nSPS) is 19.7. The van der Waals surface area contributed by atoms with E-state index in [0.29, 0.717) is 19.4 Å². The van der Waals surface area contributed by atoms with Crippen molar-refractivity contribution in [2.45, 2.75) is 25.4 Å². The second-order valence-corrected chi connectivity index (χ2v) is 4.74. The molecule has 98 valence electrons. The van der Waals surface area contributed by atoms with Gasteiger partial charge < -0.3 is 10.3 Å². The van der Waals surface area contributed by atoms with E-state index in [2.05, 4.69) is 15.6 Å². The summed E-state index contributed by atoms with van der Waals surface area (Å²) in [6.07, 6.45) is 2.86. The predicted molar refractivity (Wildman–Crippen MR) is 71.3 cm³/mol. The molecule has 1 aliphatic rings. The molecule has 3 N–H and O–H groups in total. The monoisotopic (exact) mass is 257 g/mol. The van der Waals surface area contributed by atoms with Crippen LogP contribution in [0, 0.1) is 0 Å². The zero-order valence-corrected chi connectivity index (χ0v) is 10.4. The van der Waals surface area contributed by atoms with Crippen LogP contribution in [0.15, 0.2) is 30.5 Å². The van der Waals surface area contributed by atoms with Gasteiger partial charge in [0, 0.05) is 24.7 Å². The Hall–Kier alpha value is -2.14. The number of hydrogen-bond acceptors (Lipinski definition) is 3. The zero-order chi connectivity index (χ0) is 13.2. The van der Waals surface area contributed by atoms with Crippen molar-refractivity contribution in [3.8, 4) is 0 Å². The summed E-state index contributed by atoms with van der Waals surface area (Å²) in [7, 11) is 0. The first-order valence-corrected chi connectivity index (χ1v) is 6.36. The Balaban J connectivity index is 1.71. The molecule has 1 aliphatic heterocycles. The molecule has 1 aromatic heterocycles. The lowest BCUT2D eigenvalue weighted by Gasteiger charge is -2.22. The van der Waals surface area contributed by atoms with Gasteiger partial charge in [0.25, 0.3) is 0 Å². The van der Waals surface area contributed by atoms with Crippen LogP contribution in [0.5, 0.6) is 0 Å². The Morgan fingerprint density at radius 2 is 2.16 bits per heavy atom. The Morgan fingerprint density at radius 3 is 3.00 bits per heavy atom. The third-order valence-corrected chi connectivity index (χ3v) is 3.45. The Bertz CT molecular complexity index is 632. The van der Waals surface area contributed by atoms with Gasteiger partial charge in [0.1, 0.15) is 0 Å². The first-order valence-electron chi connectivity index (χ1n) is 6.36. The molecular weight excluding hydrogens is 242 g/mol. The number of piperidine rings is 1. The predicted octanol–water partition coefficient (Wildman–Crippen LogP) is 1.06. The number of hydrogen-bond donors (Lipinski definition) is 3. The summed E-state index contributed by atoms with van der Waals surface area (Å²) >= 11 is 0. The van der Waals surface area contributed by atoms with Crippen molar-refractivity contribution in [3.63, 3.8) is 0 Å². The van der Waals surface area contributed by atoms with Gasteiger partial charge in [0.15, 0.2) is 0 Å². The molecule has 1 saturated heterocycles. The molecule has 0 saturated carbocycles. The average Bonchev–Trinajstić information content (AvgIpc) is 2.86. The molecule has 5 heteroatoms. The van der Waals surface area contributed by atoms with Crippen LogP contribution >= 0.6 is 0 Å². The summed E-state index contributed by atoms with van der Waals surface area (Å²) in [6, 6.07) is 7.80. The molecular formula is C14H15N3O2. The van der Waals surface area contributed by atoms with Crippen LogP contribution in [-0.4, -0.2) is 22.8 Å². The number of amides is 2. The van der Waals surface area contributed by atoms with Crippen LogP contribution in [0.1, 0.15) is 18.4 Å². The van der Waals surface area contributed by atoms with Crippen molar-refractivity contribution in [1.29, 1.82) is 0 Å². The average molecular weight is 257 g/mol. The van der Waals surface area contributed by atoms with Crippen molar-refractivity contribution in [3.05, 3.63) is 36.0 Å². The van der Waals surface area contributed by atoms with Gasteiger partial charge in [-0.15, -0.1) is 0 Å². The Labute approximate surface area is 110 Å². The smallest absolute Gasteiger partial charge is 0.243 e.